The summed E-state index contributed by atoms with van der Waals surface area (Å²) in [5.41, 5.74) is 6.14. The Kier molecular flexibility index (Phi) is 10.5. The molecule has 94 valence electrons. The standard InChI is InChI=1S/C8H10N2O2.C3H4.C2H6/c1-10-8(12)6-4-5(11)2-3-7(6)9;1-3-2;1-2/h2-4,11H,9H2,1H3,(H,10,12);1H,2H3;1-2H3. The number of phenolic OH excluding ortho intramolecular Hbond substituents is 1. The minimum atomic E-state index is -0.302. The van der Waals surface area contributed by atoms with E-state index < -0.39 is 0 Å². The molecule has 0 unspecified atom stereocenters. The zero-order valence-electron chi connectivity index (χ0n) is 10.7. The van der Waals surface area contributed by atoms with Gasteiger partial charge in [-0.3, -0.25) is 4.79 Å². The molecule has 0 bridgehead atoms. The highest BCUT2D eigenvalue weighted by Crippen LogP contribution is 2.17. The number of carbonyl (C=O) groups is 1. The number of nitrogens with one attached hydrogen (secondary N) is 1. The van der Waals surface area contributed by atoms with Crippen LogP contribution in [0.1, 0.15) is 31.1 Å². The van der Waals surface area contributed by atoms with Gasteiger partial charge in [-0.15, -0.1) is 12.3 Å². The molecule has 0 aliphatic heterocycles. The van der Waals surface area contributed by atoms with E-state index in [1.54, 1.807) is 6.92 Å². The third-order valence-corrected chi connectivity index (χ3v) is 1.51. The first-order valence-corrected chi connectivity index (χ1v) is 5.24. The van der Waals surface area contributed by atoms with Gasteiger partial charge in [0.1, 0.15) is 5.75 Å². The molecule has 0 saturated carbocycles. The lowest BCUT2D eigenvalue weighted by Crippen LogP contribution is -2.19. The van der Waals surface area contributed by atoms with Crippen LogP contribution in [-0.2, 0) is 0 Å². The molecule has 0 aromatic heterocycles. The molecule has 17 heavy (non-hydrogen) atoms. The van der Waals surface area contributed by atoms with E-state index in [-0.39, 0.29) is 17.2 Å². The molecule has 1 amide bonds. The summed E-state index contributed by atoms with van der Waals surface area (Å²) in [5.74, 6) is 1.98. The van der Waals surface area contributed by atoms with E-state index in [1.165, 1.54) is 25.2 Å². The van der Waals surface area contributed by atoms with Crippen LogP contribution in [0.3, 0.4) is 0 Å². The van der Waals surface area contributed by atoms with Gasteiger partial charge in [0.05, 0.1) is 5.56 Å². The molecule has 0 heterocycles. The van der Waals surface area contributed by atoms with E-state index in [0.717, 1.165) is 0 Å². The molecule has 1 rings (SSSR count). The number of benzene rings is 1. The number of hydrogen-bond donors (Lipinski definition) is 3. The summed E-state index contributed by atoms with van der Waals surface area (Å²) in [7, 11) is 1.51. The van der Waals surface area contributed by atoms with Crippen molar-refractivity contribution in [2.75, 3.05) is 12.8 Å². The van der Waals surface area contributed by atoms with Crippen LogP contribution >= 0.6 is 0 Å². The van der Waals surface area contributed by atoms with Gasteiger partial charge in [-0.05, 0) is 25.1 Å². The topological polar surface area (TPSA) is 75.3 Å². The van der Waals surface area contributed by atoms with Crippen LogP contribution < -0.4 is 11.1 Å². The largest absolute Gasteiger partial charge is 0.508 e. The fraction of sp³-hybridized carbons (Fsp3) is 0.308. The first kappa shape index (κ1) is 17.3. The molecule has 0 aliphatic carbocycles. The Labute approximate surface area is 103 Å². The summed E-state index contributed by atoms with van der Waals surface area (Å²) in [5, 5.41) is 11.5. The lowest BCUT2D eigenvalue weighted by atomic mass is 10.1. The van der Waals surface area contributed by atoms with Crippen molar-refractivity contribution in [1.82, 2.24) is 5.32 Å². The van der Waals surface area contributed by atoms with Crippen LogP contribution in [0.4, 0.5) is 5.69 Å². The molecule has 4 N–H and O–H groups in total. The average Bonchev–Trinajstić information content (AvgIpc) is 2.35. The number of rotatable bonds is 1. The number of anilines is 1. The molecule has 0 atom stereocenters. The van der Waals surface area contributed by atoms with Crippen LogP contribution in [0.5, 0.6) is 5.75 Å². The normalized spacial score (nSPS) is 7.47. The van der Waals surface area contributed by atoms with Gasteiger partial charge in [-0.1, -0.05) is 13.8 Å². The summed E-state index contributed by atoms with van der Waals surface area (Å²) < 4.78 is 0. The van der Waals surface area contributed by atoms with Gasteiger partial charge < -0.3 is 16.2 Å². The second-order valence-electron chi connectivity index (χ2n) is 2.64. The Balaban J connectivity index is 0. The molecule has 1 aromatic carbocycles. The highest BCUT2D eigenvalue weighted by atomic mass is 16.3. The molecule has 0 fully saturated rings. The minimum absolute atomic E-state index is 0.0304. The quantitative estimate of drug-likeness (QED) is 0.396. The van der Waals surface area contributed by atoms with Crippen molar-refractivity contribution in [1.29, 1.82) is 0 Å². The summed E-state index contributed by atoms with van der Waals surface area (Å²) in [6.45, 7) is 5.65. The molecule has 0 saturated heterocycles. The summed E-state index contributed by atoms with van der Waals surface area (Å²) >= 11 is 0. The number of hydrogen-bond acceptors (Lipinski definition) is 3. The number of amides is 1. The highest BCUT2D eigenvalue weighted by Gasteiger charge is 2.07. The van der Waals surface area contributed by atoms with E-state index in [4.69, 9.17) is 10.8 Å². The second kappa shape index (κ2) is 10.4. The van der Waals surface area contributed by atoms with Gasteiger partial charge in [0.15, 0.2) is 0 Å². The Hall–Kier alpha value is -2.15. The van der Waals surface area contributed by atoms with Crippen LogP contribution in [0.25, 0.3) is 0 Å². The molecule has 4 heteroatoms. The van der Waals surface area contributed by atoms with Crippen molar-refractivity contribution in [2.24, 2.45) is 0 Å². The highest BCUT2D eigenvalue weighted by molar-refractivity contribution is 5.99. The van der Waals surface area contributed by atoms with Crippen LogP contribution in [-0.4, -0.2) is 18.1 Å². The third kappa shape index (κ3) is 6.85. The van der Waals surface area contributed by atoms with E-state index in [1.807, 2.05) is 13.8 Å². The van der Waals surface area contributed by atoms with E-state index in [0.29, 0.717) is 5.69 Å². The molecule has 0 radical (unpaired) electrons. The maximum absolute atomic E-state index is 11.1. The Morgan fingerprint density at radius 1 is 1.47 bits per heavy atom. The molecule has 0 spiro atoms. The molecule has 4 nitrogen and oxygen atoms in total. The van der Waals surface area contributed by atoms with Crippen molar-refractivity contribution < 1.29 is 9.90 Å². The van der Waals surface area contributed by atoms with Gasteiger partial charge in [0.2, 0.25) is 0 Å². The number of nitrogens with two attached hydrogens (primary N) is 1. The zero-order chi connectivity index (χ0) is 13.8. The van der Waals surface area contributed by atoms with Crippen LogP contribution in [0.2, 0.25) is 0 Å². The van der Waals surface area contributed by atoms with E-state index in [2.05, 4.69) is 17.7 Å². The minimum Gasteiger partial charge on any atom is -0.508 e. The summed E-state index contributed by atoms with van der Waals surface area (Å²) in [4.78, 5) is 11.1. The van der Waals surface area contributed by atoms with Crippen LogP contribution in [0, 0.1) is 12.3 Å². The van der Waals surface area contributed by atoms with Gasteiger partial charge in [-0.2, -0.15) is 0 Å². The zero-order valence-corrected chi connectivity index (χ0v) is 10.7. The Morgan fingerprint density at radius 3 is 2.35 bits per heavy atom. The predicted molar refractivity (Wildman–Crippen MR) is 71.8 cm³/mol. The van der Waals surface area contributed by atoms with E-state index >= 15 is 0 Å². The number of terminal acetylenes is 1. The van der Waals surface area contributed by atoms with Crippen molar-refractivity contribution in [3.63, 3.8) is 0 Å². The van der Waals surface area contributed by atoms with Gasteiger partial charge in [0.25, 0.3) is 5.91 Å². The fourth-order valence-electron chi connectivity index (χ4n) is 0.876. The molecular weight excluding hydrogens is 216 g/mol. The number of nitrogen functional groups attached to an aromatic ring is 1. The summed E-state index contributed by atoms with van der Waals surface area (Å²) in [6.07, 6.45) is 4.60. The monoisotopic (exact) mass is 236 g/mol. The molecular formula is C13H20N2O2. The van der Waals surface area contributed by atoms with Gasteiger partial charge in [0, 0.05) is 12.7 Å². The first-order valence-electron chi connectivity index (χ1n) is 5.24. The fourth-order valence-corrected chi connectivity index (χ4v) is 0.876. The van der Waals surface area contributed by atoms with Crippen molar-refractivity contribution >= 4 is 11.6 Å². The van der Waals surface area contributed by atoms with Crippen molar-refractivity contribution in [3.8, 4) is 18.1 Å². The lowest BCUT2D eigenvalue weighted by molar-refractivity contribution is 0.0963. The van der Waals surface area contributed by atoms with Gasteiger partial charge >= 0.3 is 0 Å². The third-order valence-electron chi connectivity index (χ3n) is 1.51. The molecule has 1 aromatic rings. The second-order valence-corrected chi connectivity index (χ2v) is 2.64. The lowest BCUT2D eigenvalue weighted by Gasteiger charge is -2.03. The predicted octanol–water partition coefficient (Wildman–Crippen LogP) is 2.00. The smallest absolute Gasteiger partial charge is 0.253 e. The maximum atomic E-state index is 11.1. The Morgan fingerprint density at radius 2 is 1.94 bits per heavy atom. The van der Waals surface area contributed by atoms with Gasteiger partial charge in [-0.25, -0.2) is 0 Å². The van der Waals surface area contributed by atoms with Crippen molar-refractivity contribution in [2.45, 2.75) is 20.8 Å². The first-order chi connectivity index (χ1) is 8.06. The average molecular weight is 236 g/mol. The van der Waals surface area contributed by atoms with Crippen LogP contribution in [0.15, 0.2) is 18.2 Å². The summed E-state index contributed by atoms with van der Waals surface area (Å²) in [6, 6.07) is 4.25. The maximum Gasteiger partial charge on any atom is 0.253 e. The Bertz CT molecular complexity index is 381. The number of carbonyl (C=O) groups excluding carboxylic acids is 1. The van der Waals surface area contributed by atoms with E-state index in [9.17, 15) is 4.79 Å². The SMILES string of the molecule is C#CC.CC.CNC(=O)c1cc(O)ccc1N. The molecule has 0 aliphatic rings. The number of phenols is 1. The van der Waals surface area contributed by atoms with Crippen molar-refractivity contribution in [3.05, 3.63) is 23.8 Å². The number of aromatic hydroxyl groups is 1.